The van der Waals surface area contributed by atoms with Gasteiger partial charge in [0.25, 0.3) is 3.79 Å². The zero-order chi connectivity index (χ0) is 16.2. The summed E-state index contributed by atoms with van der Waals surface area (Å²) in [6, 6.07) is 17.0. The number of halogens is 3. The Morgan fingerprint density at radius 2 is 1.73 bits per heavy atom. The molecule has 0 heterocycles. The van der Waals surface area contributed by atoms with Crippen molar-refractivity contribution < 1.29 is 4.74 Å². The fourth-order valence-electron chi connectivity index (χ4n) is 1.85. The van der Waals surface area contributed by atoms with E-state index in [1.807, 2.05) is 42.5 Å². The van der Waals surface area contributed by atoms with Crippen LogP contribution in [0.4, 0.5) is 0 Å². The van der Waals surface area contributed by atoms with Gasteiger partial charge in [-0.2, -0.15) is 5.26 Å². The average molecular weight is 354 g/mol. The summed E-state index contributed by atoms with van der Waals surface area (Å²) in [4.78, 5) is 0. The van der Waals surface area contributed by atoms with Gasteiger partial charge in [0.15, 0.2) is 0 Å². The van der Waals surface area contributed by atoms with Crippen molar-refractivity contribution in [1.29, 1.82) is 10.7 Å². The minimum atomic E-state index is -1.86. The highest BCUT2D eigenvalue weighted by molar-refractivity contribution is 6.76. The number of nitriles is 1. The van der Waals surface area contributed by atoms with E-state index in [1.165, 1.54) is 0 Å². The fourth-order valence-corrected chi connectivity index (χ4v) is 2.01. The summed E-state index contributed by atoms with van der Waals surface area (Å²) < 4.78 is 3.30. The van der Waals surface area contributed by atoms with Crippen LogP contribution in [0.15, 0.2) is 48.5 Å². The third-order valence-corrected chi connectivity index (χ3v) is 3.41. The van der Waals surface area contributed by atoms with Crippen LogP contribution in [0, 0.1) is 16.7 Å². The monoisotopic (exact) mass is 352 g/mol. The molecule has 0 saturated carbocycles. The van der Waals surface area contributed by atoms with E-state index >= 15 is 0 Å². The molecule has 0 radical (unpaired) electrons. The van der Waals surface area contributed by atoms with Crippen molar-refractivity contribution in [2.75, 3.05) is 0 Å². The zero-order valence-electron chi connectivity index (χ0n) is 11.3. The van der Waals surface area contributed by atoms with Gasteiger partial charge in [0, 0.05) is 0 Å². The third kappa shape index (κ3) is 4.38. The maximum absolute atomic E-state index is 8.95. The highest BCUT2D eigenvalue weighted by atomic mass is 35.6. The molecule has 0 unspecified atom stereocenters. The molecule has 0 aliphatic rings. The minimum Gasteiger partial charge on any atom is -0.473 e. The van der Waals surface area contributed by atoms with Crippen molar-refractivity contribution in [3.63, 3.8) is 0 Å². The Labute approximate surface area is 143 Å². The first-order valence-corrected chi connectivity index (χ1v) is 7.41. The maximum Gasteiger partial charge on any atom is 0.265 e. The molecule has 2 aromatic carbocycles. The number of nitrogens with one attached hydrogen (secondary N) is 1. The quantitative estimate of drug-likeness (QED) is 0.475. The lowest BCUT2D eigenvalue weighted by molar-refractivity contribution is 0.284. The van der Waals surface area contributed by atoms with Crippen LogP contribution in [-0.4, -0.2) is 9.69 Å². The van der Waals surface area contributed by atoms with E-state index in [0.29, 0.717) is 5.56 Å². The van der Waals surface area contributed by atoms with E-state index in [0.717, 1.165) is 16.7 Å². The van der Waals surface area contributed by atoms with Gasteiger partial charge < -0.3 is 4.74 Å². The normalized spacial score (nSPS) is 10.8. The Morgan fingerprint density at radius 1 is 1.09 bits per heavy atom. The van der Waals surface area contributed by atoms with E-state index in [2.05, 4.69) is 6.07 Å². The summed E-state index contributed by atoms with van der Waals surface area (Å²) in [5.74, 6) is -0.422. The Bertz CT molecular complexity index is 733. The van der Waals surface area contributed by atoms with Gasteiger partial charge in [-0.25, -0.2) is 0 Å². The van der Waals surface area contributed by atoms with Gasteiger partial charge in [0.1, 0.15) is 6.61 Å². The highest BCUT2D eigenvalue weighted by Crippen LogP contribution is 2.28. The van der Waals surface area contributed by atoms with E-state index in [9.17, 15) is 0 Å². The molecule has 3 nitrogen and oxygen atoms in total. The fraction of sp³-hybridized carbons (Fsp3) is 0.125. The van der Waals surface area contributed by atoms with Gasteiger partial charge >= 0.3 is 0 Å². The summed E-state index contributed by atoms with van der Waals surface area (Å²) in [6.07, 6.45) is 0. The van der Waals surface area contributed by atoms with Crippen LogP contribution < -0.4 is 0 Å². The predicted octanol–water partition coefficient (Wildman–Crippen LogP) is 5.09. The van der Waals surface area contributed by atoms with Crippen molar-refractivity contribution in [1.82, 2.24) is 0 Å². The van der Waals surface area contributed by atoms with Crippen LogP contribution in [0.3, 0.4) is 0 Å². The molecule has 6 heteroatoms. The highest BCUT2D eigenvalue weighted by Gasteiger charge is 2.28. The molecule has 22 heavy (non-hydrogen) atoms. The molecule has 0 atom stereocenters. The van der Waals surface area contributed by atoms with Gasteiger partial charge in [0.2, 0.25) is 5.90 Å². The maximum atomic E-state index is 8.95. The van der Waals surface area contributed by atoms with Crippen LogP contribution in [0.1, 0.15) is 11.1 Å². The Morgan fingerprint density at radius 3 is 2.36 bits per heavy atom. The Hall–Kier alpha value is -1.73. The number of benzene rings is 2. The first kappa shape index (κ1) is 16.6. The van der Waals surface area contributed by atoms with Crippen LogP contribution in [0.5, 0.6) is 0 Å². The molecule has 2 rings (SSSR count). The Balaban J connectivity index is 2.17. The molecule has 0 aromatic heterocycles. The molecule has 0 spiro atoms. The van der Waals surface area contributed by atoms with E-state index in [-0.39, 0.29) is 6.61 Å². The van der Waals surface area contributed by atoms with E-state index in [1.54, 1.807) is 6.07 Å². The molecule has 0 aliphatic carbocycles. The van der Waals surface area contributed by atoms with Gasteiger partial charge in [-0.3, -0.25) is 5.41 Å². The molecule has 0 aliphatic heterocycles. The number of nitrogens with zero attached hydrogens (tertiary/aromatic N) is 1. The van der Waals surface area contributed by atoms with Gasteiger partial charge in [-0.05, 0) is 34.9 Å². The number of hydrogen-bond acceptors (Lipinski definition) is 3. The lowest BCUT2D eigenvalue weighted by atomic mass is 10.0. The SMILES string of the molecule is N#Cc1cccc(-c2cccc(COC(=N)C(Cl)(Cl)Cl)c2)c1. The smallest absolute Gasteiger partial charge is 0.265 e. The first-order chi connectivity index (χ1) is 10.4. The summed E-state index contributed by atoms with van der Waals surface area (Å²) in [7, 11) is 0. The molecule has 0 saturated heterocycles. The number of rotatable bonds is 3. The lowest BCUT2D eigenvalue weighted by Gasteiger charge is -2.14. The molecular weight excluding hydrogens is 343 g/mol. The zero-order valence-corrected chi connectivity index (χ0v) is 13.6. The number of alkyl halides is 3. The number of ether oxygens (including phenoxy) is 1. The topological polar surface area (TPSA) is 56.9 Å². The third-order valence-electron chi connectivity index (χ3n) is 2.89. The molecule has 1 N–H and O–H groups in total. The summed E-state index contributed by atoms with van der Waals surface area (Å²) in [5, 5.41) is 16.5. The van der Waals surface area contributed by atoms with Gasteiger partial charge in [0.05, 0.1) is 11.6 Å². The molecular formula is C16H11Cl3N2O. The summed E-state index contributed by atoms with van der Waals surface area (Å²) in [6.45, 7) is 0.124. The van der Waals surface area contributed by atoms with Crippen molar-refractivity contribution in [2.24, 2.45) is 0 Å². The molecule has 0 fully saturated rings. The van der Waals surface area contributed by atoms with Crippen molar-refractivity contribution in [3.8, 4) is 17.2 Å². The van der Waals surface area contributed by atoms with Crippen molar-refractivity contribution in [3.05, 3.63) is 59.7 Å². The lowest BCUT2D eigenvalue weighted by Crippen LogP contribution is -2.20. The van der Waals surface area contributed by atoms with Gasteiger partial charge in [-0.1, -0.05) is 65.1 Å². The molecule has 0 bridgehead atoms. The second-order valence-electron chi connectivity index (χ2n) is 4.51. The average Bonchev–Trinajstić information content (AvgIpc) is 2.52. The van der Waals surface area contributed by atoms with Crippen LogP contribution in [0.2, 0.25) is 0 Å². The second kappa shape index (κ2) is 7.02. The van der Waals surface area contributed by atoms with Crippen LogP contribution in [0.25, 0.3) is 11.1 Å². The van der Waals surface area contributed by atoms with E-state index in [4.69, 9.17) is 50.2 Å². The largest absolute Gasteiger partial charge is 0.473 e. The summed E-state index contributed by atoms with van der Waals surface area (Å²) in [5.41, 5.74) is 3.30. The standard InChI is InChI=1S/C16H11Cl3N2O/c17-16(18,19)15(21)22-10-12-4-2-6-14(8-12)13-5-1-3-11(7-13)9-20/h1-8,21H,10H2. The molecule has 0 amide bonds. The molecule has 2 aromatic rings. The number of hydrogen-bond donors (Lipinski definition) is 1. The Kier molecular flexibility index (Phi) is 5.31. The molecule has 112 valence electrons. The van der Waals surface area contributed by atoms with Crippen LogP contribution in [-0.2, 0) is 11.3 Å². The van der Waals surface area contributed by atoms with Crippen molar-refractivity contribution >= 4 is 40.7 Å². The van der Waals surface area contributed by atoms with Gasteiger partial charge in [-0.15, -0.1) is 0 Å². The predicted molar refractivity (Wildman–Crippen MR) is 89.4 cm³/mol. The summed E-state index contributed by atoms with van der Waals surface area (Å²) >= 11 is 16.7. The minimum absolute atomic E-state index is 0.124. The van der Waals surface area contributed by atoms with Crippen molar-refractivity contribution in [2.45, 2.75) is 10.4 Å². The van der Waals surface area contributed by atoms with E-state index < -0.39 is 9.69 Å². The first-order valence-electron chi connectivity index (χ1n) is 6.28. The second-order valence-corrected chi connectivity index (χ2v) is 6.79. The van der Waals surface area contributed by atoms with Crippen LogP contribution >= 0.6 is 34.8 Å².